The Bertz CT molecular complexity index is 402. The molecular formula is C17H32N4. The van der Waals surface area contributed by atoms with E-state index in [0.717, 1.165) is 56.2 Å². The van der Waals surface area contributed by atoms with Gasteiger partial charge in [0.1, 0.15) is 5.82 Å². The van der Waals surface area contributed by atoms with E-state index in [1.54, 1.807) is 0 Å². The molecule has 1 aromatic rings. The zero-order chi connectivity index (χ0) is 15.8. The van der Waals surface area contributed by atoms with Crippen LogP contribution in [-0.4, -0.2) is 47.1 Å². The Morgan fingerprint density at radius 1 is 1.00 bits per heavy atom. The molecule has 1 rings (SSSR count). The molecule has 0 radical (unpaired) electrons. The van der Waals surface area contributed by atoms with E-state index in [0.29, 0.717) is 6.04 Å². The lowest BCUT2D eigenvalue weighted by Gasteiger charge is -2.18. The molecule has 0 bridgehead atoms. The average Bonchev–Trinajstić information content (AvgIpc) is 2.42. The van der Waals surface area contributed by atoms with E-state index >= 15 is 0 Å². The summed E-state index contributed by atoms with van der Waals surface area (Å²) in [4.78, 5) is 11.8. The number of rotatable bonds is 9. The van der Waals surface area contributed by atoms with Crippen LogP contribution in [0.2, 0.25) is 0 Å². The van der Waals surface area contributed by atoms with Crippen molar-refractivity contribution in [2.24, 2.45) is 0 Å². The average molecular weight is 292 g/mol. The van der Waals surface area contributed by atoms with Gasteiger partial charge in [-0.15, -0.1) is 0 Å². The minimum Gasteiger partial charge on any atom is -0.314 e. The molecule has 21 heavy (non-hydrogen) atoms. The van der Waals surface area contributed by atoms with E-state index < -0.39 is 0 Å². The summed E-state index contributed by atoms with van der Waals surface area (Å²) < 4.78 is 0. The first kappa shape index (κ1) is 18.1. The maximum absolute atomic E-state index is 4.71. The van der Waals surface area contributed by atoms with E-state index in [-0.39, 0.29) is 0 Å². The molecule has 0 aromatic carbocycles. The summed E-state index contributed by atoms with van der Waals surface area (Å²) in [7, 11) is 0. The second-order valence-corrected chi connectivity index (χ2v) is 5.92. The Hall–Kier alpha value is -1.00. The highest BCUT2D eigenvalue weighted by atomic mass is 15.1. The lowest BCUT2D eigenvalue weighted by molar-refractivity contribution is 0.305. The zero-order valence-electron chi connectivity index (χ0n) is 14.7. The molecule has 4 nitrogen and oxygen atoms in total. The van der Waals surface area contributed by atoms with Gasteiger partial charge in [-0.25, -0.2) is 9.97 Å². The van der Waals surface area contributed by atoms with E-state index in [4.69, 9.17) is 9.97 Å². The van der Waals surface area contributed by atoms with Crippen molar-refractivity contribution in [1.82, 2.24) is 20.2 Å². The Balaban J connectivity index is 2.66. The fourth-order valence-corrected chi connectivity index (χ4v) is 2.57. The monoisotopic (exact) mass is 292 g/mol. The van der Waals surface area contributed by atoms with Crippen molar-refractivity contribution in [3.05, 3.63) is 22.8 Å². The van der Waals surface area contributed by atoms with Crippen LogP contribution in [0.15, 0.2) is 0 Å². The molecule has 1 heterocycles. The van der Waals surface area contributed by atoms with Crippen molar-refractivity contribution >= 4 is 0 Å². The van der Waals surface area contributed by atoms with Crippen LogP contribution < -0.4 is 5.32 Å². The number of hydrogen-bond donors (Lipinski definition) is 1. The Labute approximate surface area is 130 Å². The molecule has 0 fully saturated rings. The van der Waals surface area contributed by atoms with Crippen LogP contribution in [0.1, 0.15) is 50.5 Å². The van der Waals surface area contributed by atoms with Gasteiger partial charge in [0.15, 0.2) is 0 Å². The zero-order valence-corrected chi connectivity index (χ0v) is 14.7. The standard InChI is InChI=1S/C17H32N4/c1-7-21(8-2)12-10-17-19-14(5)16(15(6)20-17)9-11-18-13(3)4/h13,18H,7-12H2,1-6H3. The predicted octanol–water partition coefficient (Wildman–Crippen LogP) is 2.52. The Morgan fingerprint density at radius 3 is 2.05 bits per heavy atom. The van der Waals surface area contributed by atoms with E-state index in [9.17, 15) is 0 Å². The molecule has 120 valence electrons. The number of likely N-dealkylation sites (N-methyl/N-ethyl adjacent to an activating group) is 1. The minimum atomic E-state index is 0.528. The maximum atomic E-state index is 4.71. The molecule has 0 unspecified atom stereocenters. The van der Waals surface area contributed by atoms with E-state index in [1.165, 1.54) is 5.56 Å². The van der Waals surface area contributed by atoms with Crippen LogP contribution in [0, 0.1) is 13.8 Å². The molecule has 0 spiro atoms. The SMILES string of the molecule is CCN(CC)CCc1nc(C)c(CCNC(C)C)c(C)n1. The third-order valence-electron chi connectivity index (χ3n) is 3.94. The lowest BCUT2D eigenvalue weighted by Crippen LogP contribution is -2.27. The largest absolute Gasteiger partial charge is 0.314 e. The first-order valence-corrected chi connectivity index (χ1v) is 8.26. The van der Waals surface area contributed by atoms with Crippen LogP contribution in [0.4, 0.5) is 0 Å². The third kappa shape index (κ3) is 6.10. The van der Waals surface area contributed by atoms with E-state index in [2.05, 4.69) is 51.8 Å². The van der Waals surface area contributed by atoms with E-state index in [1.807, 2.05) is 0 Å². The van der Waals surface area contributed by atoms with Gasteiger partial charge in [-0.1, -0.05) is 27.7 Å². The predicted molar refractivity (Wildman–Crippen MR) is 89.8 cm³/mol. The van der Waals surface area contributed by atoms with Gasteiger partial charge in [-0.05, 0) is 45.5 Å². The minimum absolute atomic E-state index is 0.528. The van der Waals surface area contributed by atoms with Gasteiger partial charge in [0.2, 0.25) is 0 Å². The van der Waals surface area contributed by atoms with Gasteiger partial charge in [-0.2, -0.15) is 0 Å². The summed E-state index contributed by atoms with van der Waals surface area (Å²) in [6.07, 6.45) is 1.94. The second-order valence-electron chi connectivity index (χ2n) is 5.92. The fraction of sp³-hybridized carbons (Fsp3) is 0.765. The number of hydrogen-bond acceptors (Lipinski definition) is 4. The lowest BCUT2D eigenvalue weighted by atomic mass is 10.1. The van der Waals surface area contributed by atoms with Gasteiger partial charge >= 0.3 is 0 Å². The summed E-state index contributed by atoms with van der Waals surface area (Å²) in [6.45, 7) is 17.2. The van der Waals surface area contributed by atoms with Gasteiger partial charge in [-0.3, -0.25) is 0 Å². The first-order valence-electron chi connectivity index (χ1n) is 8.26. The summed E-state index contributed by atoms with van der Waals surface area (Å²) in [5.74, 6) is 0.984. The number of nitrogens with one attached hydrogen (secondary N) is 1. The van der Waals surface area contributed by atoms with Crippen LogP contribution >= 0.6 is 0 Å². The number of nitrogens with zero attached hydrogens (tertiary/aromatic N) is 3. The number of aromatic nitrogens is 2. The molecule has 0 atom stereocenters. The summed E-state index contributed by atoms with van der Waals surface area (Å²) in [5, 5.41) is 3.46. The summed E-state index contributed by atoms with van der Waals surface area (Å²) in [5.41, 5.74) is 3.58. The molecule has 1 N–H and O–H groups in total. The molecule has 0 amide bonds. The smallest absolute Gasteiger partial charge is 0.130 e. The van der Waals surface area contributed by atoms with Crippen molar-refractivity contribution < 1.29 is 0 Å². The molecule has 1 aromatic heterocycles. The van der Waals surface area contributed by atoms with Crippen LogP contribution in [0.3, 0.4) is 0 Å². The first-order chi connectivity index (χ1) is 9.97. The van der Waals surface area contributed by atoms with Crippen molar-refractivity contribution in [1.29, 1.82) is 0 Å². The molecule has 0 aliphatic rings. The highest BCUT2D eigenvalue weighted by molar-refractivity contribution is 5.24. The summed E-state index contributed by atoms with van der Waals surface area (Å²) >= 11 is 0. The molecular weight excluding hydrogens is 260 g/mol. The van der Waals surface area contributed by atoms with Crippen LogP contribution in [0.5, 0.6) is 0 Å². The Kier molecular flexibility index (Phi) is 7.83. The van der Waals surface area contributed by atoms with Gasteiger partial charge in [0, 0.05) is 30.4 Å². The highest BCUT2D eigenvalue weighted by Gasteiger charge is 2.09. The van der Waals surface area contributed by atoms with Crippen LogP contribution in [-0.2, 0) is 12.8 Å². The maximum Gasteiger partial charge on any atom is 0.130 e. The molecule has 0 saturated carbocycles. The van der Waals surface area contributed by atoms with Crippen molar-refractivity contribution in [2.45, 2.75) is 60.4 Å². The molecule has 0 aliphatic heterocycles. The van der Waals surface area contributed by atoms with Crippen molar-refractivity contribution in [3.63, 3.8) is 0 Å². The quantitative estimate of drug-likeness (QED) is 0.759. The highest BCUT2D eigenvalue weighted by Crippen LogP contribution is 2.11. The van der Waals surface area contributed by atoms with Crippen LogP contribution in [0.25, 0.3) is 0 Å². The Morgan fingerprint density at radius 2 is 1.57 bits per heavy atom. The summed E-state index contributed by atoms with van der Waals surface area (Å²) in [6, 6.07) is 0.528. The molecule has 0 aliphatic carbocycles. The fourth-order valence-electron chi connectivity index (χ4n) is 2.57. The normalized spacial score (nSPS) is 11.6. The van der Waals surface area contributed by atoms with Gasteiger partial charge in [0.25, 0.3) is 0 Å². The van der Waals surface area contributed by atoms with Crippen molar-refractivity contribution in [3.8, 4) is 0 Å². The number of aryl methyl sites for hydroxylation is 2. The topological polar surface area (TPSA) is 41.1 Å². The molecule has 0 saturated heterocycles. The van der Waals surface area contributed by atoms with Gasteiger partial charge in [0.05, 0.1) is 0 Å². The van der Waals surface area contributed by atoms with Crippen molar-refractivity contribution in [2.75, 3.05) is 26.2 Å². The molecule has 4 heteroatoms. The van der Waals surface area contributed by atoms with Gasteiger partial charge < -0.3 is 10.2 Å². The third-order valence-corrected chi connectivity index (χ3v) is 3.94. The second kappa shape index (κ2) is 9.11.